The number of piperidine rings is 2. The number of carbonyl (C=O) groups excluding carboxylic acids is 4. The van der Waals surface area contributed by atoms with E-state index < -0.39 is 5.97 Å². The lowest BCUT2D eigenvalue weighted by Crippen LogP contribution is -2.45. The maximum Gasteiger partial charge on any atom is 0.306 e. The standard InChI is InChI=1S/C22H21FN4O3.C15H18N2O4.C7H7FN2O.C7H4FN/c23-18-8-6-15(7-9-18)20-25-22(30-26-20)17-10-12-27(13-11-17)19(28)14-24-21(29)16-4-2-1-3-5-16;18-13(17-8-6-12(7-9-17)15(20)21)10-16-14(19)11-4-2-1-3-5-11;8-6-3-1-5(2-4-6)7(9)10-11;1-9-7-4-2-6(8)3-5-7/h1-9,17H,10-14H2,(H,24,29);1-5,12H,6-10H2,(H,16,19)(H,20,21);1-4,11H,(H2,9,10);2-5H. The lowest BCUT2D eigenvalue weighted by atomic mass is 9.96. The van der Waals surface area contributed by atoms with E-state index in [2.05, 4.69) is 30.8 Å². The number of amidine groups is 1. The third kappa shape index (κ3) is 17.0. The molecule has 6 aromatic rings. The van der Waals surface area contributed by atoms with Crippen LogP contribution in [0.15, 0.2) is 143 Å². The Labute approximate surface area is 406 Å². The number of nitrogens with one attached hydrogen (secondary N) is 2. The molecular formula is C51H50F3N9O8. The van der Waals surface area contributed by atoms with Gasteiger partial charge in [-0.2, -0.15) is 4.98 Å². The van der Waals surface area contributed by atoms with Crippen molar-refractivity contribution in [2.75, 3.05) is 39.3 Å². The second-order valence-corrected chi connectivity index (χ2v) is 15.8. The first-order valence-electron chi connectivity index (χ1n) is 22.2. The van der Waals surface area contributed by atoms with E-state index in [1.807, 2.05) is 12.1 Å². The van der Waals surface area contributed by atoms with E-state index in [1.54, 1.807) is 70.5 Å². The quantitative estimate of drug-likeness (QED) is 0.0307. The SMILES string of the molecule is NC(=NO)c1ccc(F)cc1.O=C(NCC(=O)N1CCC(C(=O)O)CC1)c1ccccc1.O=C(NCC(=O)N1CCC(c2nc(-c3ccc(F)cc3)no2)CC1)c1ccccc1.[C-]#[N+]c1ccc(F)cc1. The van der Waals surface area contributed by atoms with Gasteiger partial charge < -0.3 is 41.0 Å². The number of nitrogens with two attached hydrogens (primary N) is 1. The maximum atomic E-state index is 13.1. The Kier molecular flexibility index (Phi) is 20.4. The number of halogens is 3. The van der Waals surface area contributed by atoms with Gasteiger partial charge in [0, 0.05) is 54.4 Å². The number of hydrogen-bond donors (Lipinski definition) is 5. The van der Waals surface area contributed by atoms with E-state index in [1.165, 1.54) is 60.7 Å². The lowest BCUT2D eigenvalue weighted by molar-refractivity contribution is -0.145. The van der Waals surface area contributed by atoms with Gasteiger partial charge in [0.25, 0.3) is 11.8 Å². The summed E-state index contributed by atoms with van der Waals surface area (Å²) in [5.74, 6) is -2.00. The molecule has 0 atom stereocenters. The summed E-state index contributed by atoms with van der Waals surface area (Å²) >= 11 is 0. The van der Waals surface area contributed by atoms with Gasteiger partial charge in [-0.05, 0) is 111 Å². The monoisotopic (exact) mass is 973 g/mol. The van der Waals surface area contributed by atoms with Gasteiger partial charge in [0.15, 0.2) is 11.5 Å². The number of rotatable bonds is 10. The Morgan fingerprint density at radius 2 is 1.10 bits per heavy atom. The summed E-state index contributed by atoms with van der Waals surface area (Å²) in [6.45, 7) is 8.38. The van der Waals surface area contributed by atoms with Crippen LogP contribution in [0.25, 0.3) is 16.2 Å². The maximum absolute atomic E-state index is 13.1. The minimum Gasteiger partial charge on any atom is -0.481 e. The van der Waals surface area contributed by atoms with Crippen molar-refractivity contribution >= 4 is 41.1 Å². The molecule has 2 fully saturated rings. The van der Waals surface area contributed by atoms with Crippen molar-refractivity contribution < 1.29 is 52.0 Å². The molecule has 0 saturated carbocycles. The molecule has 2 aliphatic rings. The van der Waals surface area contributed by atoms with Gasteiger partial charge >= 0.3 is 5.97 Å². The van der Waals surface area contributed by atoms with Crippen molar-refractivity contribution in [1.82, 2.24) is 30.6 Å². The smallest absolute Gasteiger partial charge is 0.306 e. The topological polar surface area (TPSA) is 238 Å². The Bertz CT molecular complexity index is 2740. The van der Waals surface area contributed by atoms with Gasteiger partial charge in [-0.3, -0.25) is 24.0 Å². The van der Waals surface area contributed by atoms with Crippen LogP contribution >= 0.6 is 0 Å². The fraction of sp³-hybridized carbons (Fsp3) is 0.235. The third-order valence-corrected chi connectivity index (χ3v) is 11.0. The third-order valence-electron chi connectivity index (χ3n) is 11.0. The number of amides is 4. The van der Waals surface area contributed by atoms with Crippen molar-refractivity contribution in [2.45, 2.75) is 31.6 Å². The minimum absolute atomic E-state index is 0.0231. The van der Waals surface area contributed by atoms with Gasteiger partial charge in [-0.1, -0.05) is 58.8 Å². The summed E-state index contributed by atoms with van der Waals surface area (Å²) < 4.78 is 42.9. The summed E-state index contributed by atoms with van der Waals surface area (Å²) in [4.78, 5) is 70.0. The molecule has 8 rings (SSSR count). The average Bonchev–Trinajstić information content (AvgIpc) is 3.91. The van der Waals surface area contributed by atoms with Crippen LogP contribution in [0.2, 0.25) is 0 Å². The Balaban J connectivity index is 0.000000197. The summed E-state index contributed by atoms with van der Waals surface area (Å²) in [6, 6.07) is 34.2. The summed E-state index contributed by atoms with van der Waals surface area (Å²) in [6.07, 6.45) is 2.33. The number of nitrogens with zero attached hydrogens (tertiary/aromatic N) is 6. The zero-order valence-corrected chi connectivity index (χ0v) is 38.2. The molecule has 5 aromatic carbocycles. The number of hydrogen-bond acceptors (Lipinski definition) is 10. The van der Waals surface area contributed by atoms with Crippen molar-refractivity contribution in [3.8, 4) is 11.4 Å². The number of carboxylic acid groups (broad SMARTS) is 1. The lowest BCUT2D eigenvalue weighted by Gasteiger charge is -2.30. The molecular weight excluding hydrogens is 924 g/mol. The molecule has 0 aliphatic carbocycles. The summed E-state index contributed by atoms with van der Waals surface area (Å²) in [5, 5.41) is 29.1. The predicted molar refractivity (Wildman–Crippen MR) is 254 cm³/mol. The normalized spacial score (nSPS) is 13.6. The fourth-order valence-corrected chi connectivity index (χ4v) is 6.98. The molecule has 3 heterocycles. The Morgan fingerprint density at radius 1 is 0.662 bits per heavy atom. The molecule has 2 saturated heterocycles. The minimum atomic E-state index is -0.806. The Morgan fingerprint density at radius 3 is 1.54 bits per heavy atom. The highest BCUT2D eigenvalue weighted by Crippen LogP contribution is 2.29. The number of benzene rings is 5. The van der Waals surface area contributed by atoms with Crippen LogP contribution < -0.4 is 16.4 Å². The largest absolute Gasteiger partial charge is 0.481 e. The Hall–Kier alpha value is -8.86. The van der Waals surface area contributed by atoms with Crippen LogP contribution in [0.3, 0.4) is 0 Å². The van der Waals surface area contributed by atoms with Crippen LogP contribution in [0, 0.1) is 29.9 Å². The molecule has 0 unspecified atom stereocenters. The summed E-state index contributed by atoms with van der Waals surface area (Å²) in [7, 11) is 0. The van der Waals surface area contributed by atoms with Gasteiger partial charge in [-0.25, -0.2) is 18.0 Å². The molecule has 6 N–H and O–H groups in total. The molecule has 20 heteroatoms. The van der Waals surface area contributed by atoms with Crippen LogP contribution in [0.5, 0.6) is 0 Å². The fourth-order valence-electron chi connectivity index (χ4n) is 6.98. The molecule has 0 spiro atoms. The van der Waals surface area contributed by atoms with E-state index in [0.717, 1.165) is 0 Å². The highest BCUT2D eigenvalue weighted by Gasteiger charge is 2.29. The highest BCUT2D eigenvalue weighted by molar-refractivity contribution is 5.97. The van der Waals surface area contributed by atoms with Crippen LogP contribution in [-0.4, -0.2) is 105 Å². The second-order valence-electron chi connectivity index (χ2n) is 15.8. The van der Waals surface area contributed by atoms with E-state index in [4.69, 9.17) is 27.1 Å². The molecule has 0 radical (unpaired) electrons. The average molecular weight is 974 g/mol. The predicted octanol–water partition coefficient (Wildman–Crippen LogP) is 7.05. The summed E-state index contributed by atoms with van der Waals surface area (Å²) in [5.41, 5.74) is 7.91. The van der Waals surface area contributed by atoms with Crippen molar-refractivity contribution in [3.63, 3.8) is 0 Å². The first-order valence-corrected chi connectivity index (χ1v) is 22.2. The van der Waals surface area contributed by atoms with Crippen LogP contribution in [0.4, 0.5) is 18.9 Å². The molecule has 0 bridgehead atoms. The molecule has 4 amide bonds. The van der Waals surface area contributed by atoms with E-state index in [9.17, 15) is 37.1 Å². The molecule has 71 heavy (non-hydrogen) atoms. The molecule has 17 nitrogen and oxygen atoms in total. The molecule has 368 valence electrons. The highest BCUT2D eigenvalue weighted by atomic mass is 19.1. The van der Waals surface area contributed by atoms with Gasteiger partial charge in [0.05, 0.1) is 25.6 Å². The van der Waals surface area contributed by atoms with E-state index >= 15 is 0 Å². The second kappa shape index (κ2) is 27.2. The zero-order chi connectivity index (χ0) is 51.1. The van der Waals surface area contributed by atoms with Crippen molar-refractivity contribution in [1.29, 1.82) is 0 Å². The van der Waals surface area contributed by atoms with Crippen LogP contribution in [-0.2, 0) is 14.4 Å². The van der Waals surface area contributed by atoms with E-state index in [0.29, 0.717) is 91.5 Å². The van der Waals surface area contributed by atoms with Crippen molar-refractivity contribution in [2.24, 2.45) is 16.8 Å². The molecule has 1 aromatic heterocycles. The number of oxime groups is 1. The molecule has 2 aliphatic heterocycles. The van der Waals surface area contributed by atoms with Gasteiger partial charge in [0.2, 0.25) is 23.5 Å². The van der Waals surface area contributed by atoms with E-state index in [-0.39, 0.29) is 71.8 Å². The first-order chi connectivity index (χ1) is 34.2. The van der Waals surface area contributed by atoms with Gasteiger partial charge in [-0.15, -0.1) is 0 Å². The van der Waals surface area contributed by atoms with Crippen molar-refractivity contribution in [3.05, 3.63) is 185 Å². The number of aromatic nitrogens is 2. The number of carboxylic acids is 1. The zero-order valence-electron chi connectivity index (χ0n) is 38.2. The van der Waals surface area contributed by atoms with Crippen LogP contribution in [0.1, 0.15) is 63.8 Å². The number of aliphatic carboxylic acids is 1. The first kappa shape index (κ1) is 53.1. The number of likely N-dealkylation sites (tertiary alicyclic amines) is 2. The number of carbonyl (C=O) groups is 5. The van der Waals surface area contributed by atoms with Gasteiger partial charge in [0.1, 0.15) is 17.5 Å².